The SMILES string of the molecule is Cc1ccccc1NC(=O)C(C)S(=O)CC(O)CO. The van der Waals surface area contributed by atoms with Gasteiger partial charge in [0.2, 0.25) is 5.91 Å². The van der Waals surface area contributed by atoms with Gasteiger partial charge in [-0.1, -0.05) is 18.2 Å². The zero-order valence-corrected chi connectivity index (χ0v) is 11.8. The molecule has 0 spiro atoms. The van der Waals surface area contributed by atoms with Gasteiger partial charge in [0.1, 0.15) is 5.25 Å². The van der Waals surface area contributed by atoms with E-state index in [-0.39, 0.29) is 11.7 Å². The van der Waals surface area contributed by atoms with Crippen molar-refractivity contribution in [1.29, 1.82) is 0 Å². The average Bonchev–Trinajstić information content (AvgIpc) is 2.40. The van der Waals surface area contributed by atoms with Crippen molar-refractivity contribution in [2.45, 2.75) is 25.2 Å². The number of hydrogen-bond donors (Lipinski definition) is 3. The third kappa shape index (κ3) is 4.74. The first-order valence-electron chi connectivity index (χ1n) is 5.98. The van der Waals surface area contributed by atoms with Crippen LogP contribution < -0.4 is 5.32 Å². The molecule has 0 radical (unpaired) electrons. The van der Waals surface area contributed by atoms with Crippen LogP contribution in [0.2, 0.25) is 0 Å². The van der Waals surface area contributed by atoms with E-state index in [1.807, 2.05) is 19.1 Å². The molecule has 3 unspecified atom stereocenters. The second-order valence-electron chi connectivity index (χ2n) is 4.33. The highest BCUT2D eigenvalue weighted by Gasteiger charge is 2.22. The summed E-state index contributed by atoms with van der Waals surface area (Å²) in [6.07, 6.45) is -1.06. The summed E-state index contributed by atoms with van der Waals surface area (Å²) in [5, 5.41) is 19.9. The minimum atomic E-state index is -1.53. The number of aryl methyl sites for hydroxylation is 1. The lowest BCUT2D eigenvalue weighted by Gasteiger charge is -2.15. The fourth-order valence-electron chi connectivity index (χ4n) is 1.45. The predicted octanol–water partition coefficient (Wildman–Crippen LogP) is 0.424. The third-order valence-electron chi connectivity index (χ3n) is 2.73. The number of benzene rings is 1. The molecule has 1 aromatic carbocycles. The fourth-order valence-corrected chi connectivity index (χ4v) is 2.52. The van der Waals surface area contributed by atoms with Gasteiger partial charge in [-0.3, -0.25) is 9.00 Å². The Morgan fingerprint density at radius 2 is 2.05 bits per heavy atom. The Morgan fingerprint density at radius 3 is 2.63 bits per heavy atom. The van der Waals surface area contributed by atoms with Crippen LogP contribution >= 0.6 is 0 Å². The summed E-state index contributed by atoms with van der Waals surface area (Å²) in [6, 6.07) is 7.31. The van der Waals surface area contributed by atoms with Gasteiger partial charge >= 0.3 is 0 Å². The van der Waals surface area contributed by atoms with Gasteiger partial charge in [0, 0.05) is 16.5 Å². The summed E-state index contributed by atoms with van der Waals surface area (Å²) < 4.78 is 11.8. The van der Waals surface area contributed by atoms with Gasteiger partial charge in [0.05, 0.1) is 18.5 Å². The van der Waals surface area contributed by atoms with Crippen molar-refractivity contribution in [1.82, 2.24) is 0 Å². The van der Waals surface area contributed by atoms with Crippen molar-refractivity contribution in [3.63, 3.8) is 0 Å². The van der Waals surface area contributed by atoms with Gasteiger partial charge in [-0.2, -0.15) is 0 Å². The van der Waals surface area contributed by atoms with Gasteiger partial charge in [0.25, 0.3) is 0 Å². The van der Waals surface area contributed by atoms with E-state index in [0.717, 1.165) is 5.56 Å². The quantitative estimate of drug-likeness (QED) is 0.707. The smallest absolute Gasteiger partial charge is 0.239 e. The molecule has 1 amide bonds. The highest BCUT2D eigenvalue weighted by molar-refractivity contribution is 7.86. The first-order chi connectivity index (χ1) is 8.95. The molecule has 5 nitrogen and oxygen atoms in total. The van der Waals surface area contributed by atoms with Gasteiger partial charge in [-0.15, -0.1) is 0 Å². The number of anilines is 1. The number of aliphatic hydroxyl groups is 2. The highest BCUT2D eigenvalue weighted by Crippen LogP contribution is 2.14. The van der Waals surface area contributed by atoms with Crippen molar-refractivity contribution >= 4 is 22.4 Å². The molecular formula is C13H19NO4S. The first kappa shape index (κ1) is 15.8. The molecule has 19 heavy (non-hydrogen) atoms. The molecule has 0 bridgehead atoms. The van der Waals surface area contributed by atoms with Gasteiger partial charge in [-0.05, 0) is 25.5 Å². The molecule has 0 aromatic heterocycles. The molecule has 3 atom stereocenters. The summed E-state index contributed by atoms with van der Waals surface area (Å²) in [5.41, 5.74) is 1.60. The number of para-hydroxylation sites is 1. The topological polar surface area (TPSA) is 86.6 Å². The van der Waals surface area contributed by atoms with Gasteiger partial charge in [-0.25, -0.2) is 0 Å². The molecule has 0 aliphatic rings. The second kappa shape index (κ2) is 7.37. The van der Waals surface area contributed by atoms with Crippen LogP contribution in [0.5, 0.6) is 0 Å². The number of nitrogens with one attached hydrogen (secondary N) is 1. The van der Waals surface area contributed by atoms with Crippen molar-refractivity contribution < 1.29 is 19.2 Å². The molecule has 1 aromatic rings. The van der Waals surface area contributed by atoms with Crippen LogP contribution in [0.25, 0.3) is 0 Å². The monoisotopic (exact) mass is 285 g/mol. The summed E-state index contributed by atoms with van der Waals surface area (Å²) in [6.45, 7) is 2.94. The molecule has 6 heteroatoms. The molecule has 0 fully saturated rings. The van der Waals surface area contributed by atoms with E-state index in [0.29, 0.717) is 5.69 Å². The first-order valence-corrected chi connectivity index (χ1v) is 7.36. The fraction of sp³-hybridized carbons (Fsp3) is 0.462. The second-order valence-corrected chi connectivity index (χ2v) is 6.13. The predicted molar refractivity (Wildman–Crippen MR) is 75.4 cm³/mol. The lowest BCUT2D eigenvalue weighted by atomic mass is 10.2. The van der Waals surface area contributed by atoms with E-state index in [4.69, 9.17) is 5.11 Å². The van der Waals surface area contributed by atoms with Crippen LogP contribution in [-0.2, 0) is 15.6 Å². The molecule has 106 valence electrons. The van der Waals surface area contributed by atoms with Crippen LogP contribution in [0, 0.1) is 6.92 Å². The van der Waals surface area contributed by atoms with Crippen LogP contribution in [0.4, 0.5) is 5.69 Å². The van der Waals surface area contributed by atoms with E-state index in [9.17, 15) is 14.1 Å². The lowest BCUT2D eigenvalue weighted by molar-refractivity contribution is -0.115. The van der Waals surface area contributed by atoms with E-state index in [1.54, 1.807) is 12.1 Å². The Labute approximate surface area is 115 Å². The normalized spacial score (nSPS) is 15.6. The molecule has 0 aliphatic heterocycles. The summed E-state index contributed by atoms with van der Waals surface area (Å²) in [5.74, 6) is -0.475. The molecule has 0 aliphatic carbocycles. The number of rotatable bonds is 6. The molecule has 1 rings (SSSR count). The van der Waals surface area contributed by atoms with E-state index < -0.39 is 28.8 Å². The van der Waals surface area contributed by atoms with Crippen molar-refractivity contribution in [3.8, 4) is 0 Å². The number of carbonyl (C=O) groups excluding carboxylic acids is 1. The average molecular weight is 285 g/mol. The zero-order chi connectivity index (χ0) is 14.4. The minimum absolute atomic E-state index is 0.112. The Morgan fingerprint density at radius 1 is 1.42 bits per heavy atom. The number of hydrogen-bond acceptors (Lipinski definition) is 4. The maximum Gasteiger partial charge on any atom is 0.239 e. The van der Waals surface area contributed by atoms with Crippen molar-refractivity contribution in [3.05, 3.63) is 29.8 Å². The Balaban J connectivity index is 2.63. The van der Waals surface area contributed by atoms with E-state index in [1.165, 1.54) is 6.92 Å². The maximum absolute atomic E-state index is 11.9. The zero-order valence-electron chi connectivity index (χ0n) is 11.0. The van der Waals surface area contributed by atoms with Crippen LogP contribution in [-0.4, -0.2) is 44.0 Å². The minimum Gasteiger partial charge on any atom is -0.394 e. The maximum atomic E-state index is 11.9. The Hall–Kier alpha value is -1.24. The van der Waals surface area contributed by atoms with Gasteiger partial charge < -0.3 is 15.5 Å². The van der Waals surface area contributed by atoms with E-state index in [2.05, 4.69) is 5.32 Å². The number of amides is 1. The lowest BCUT2D eigenvalue weighted by Crippen LogP contribution is -2.34. The summed E-state index contributed by atoms with van der Waals surface area (Å²) in [4.78, 5) is 11.9. The molecule has 3 N–H and O–H groups in total. The molecule has 0 saturated carbocycles. The van der Waals surface area contributed by atoms with Gasteiger partial charge in [0.15, 0.2) is 0 Å². The highest BCUT2D eigenvalue weighted by atomic mass is 32.2. The molecular weight excluding hydrogens is 266 g/mol. The summed E-state index contributed by atoms with van der Waals surface area (Å²) >= 11 is 0. The van der Waals surface area contributed by atoms with E-state index >= 15 is 0 Å². The summed E-state index contributed by atoms with van der Waals surface area (Å²) in [7, 11) is -1.53. The molecule has 0 heterocycles. The largest absolute Gasteiger partial charge is 0.394 e. The standard InChI is InChI=1S/C13H19NO4S/c1-9-5-3-4-6-12(9)14-13(17)10(2)19(18)8-11(16)7-15/h3-6,10-11,15-16H,7-8H2,1-2H3,(H,14,17). The Bertz CT molecular complexity index is 464. The number of aliphatic hydroxyl groups excluding tert-OH is 2. The Kier molecular flexibility index (Phi) is 6.14. The molecule has 0 saturated heterocycles. The third-order valence-corrected chi connectivity index (χ3v) is 4.45. The van der Waals surface area contributed by atoms with Crippen molar-refractivity contribution in [2.75, 3.05) is 17.7 Å². The van der Waals surface area contributed by atoms with Crippen LogP contribution in [0.3, 0.4) is 0 Å². The van der Waals surface area contributed by atoms with Crippen LogP contribution in [0.1, 0.15) is 12.5 Å². The van der Waals surface area contributed by atoms with Crippen LogP contribution in [0.15, 0.2) is 24.3 Å². The van der Waals surface area contributed by atoms with Crippen molar-refractivity contribution in [2.24, 2.45) is 0 Å². The number of carbonyl (C=O) groups is 1.